The Labute approximate surface area is 193 Å². The van der Waals surface area contributed by atoms with Crippen molar-refractivity contribution in [1.82, 2.24) is 9.47 Å². The maximum atomic E-state index is 12.7. The zero-order valence-corrected chi connectivity index (χ0v) is 18.5. The van der Waals surface area contributed by atoms with E-state index in [4.69, 9.17) is 16.3 Å². The van der Waals surface area contributed by atoms with Crippen LogP contribution in [-0.4, -0.2) is 35.1 Å². The van der Waals surface area contributed by atoms with Crippen LogP contribution in [0.4, 0.5) is 0 Å². The van der Waals surface area contributed by atoms with Gasteiger partial charge < -0.3 is 14.2 Å². The standard InChI is InChI=1S/C27H25ClN2O2/c28-22-10-12-23(13-11-22)32-19-27(31)29-15-14-21(17-29)25-18-30(16-20-6-2-1-3-7-20)26-9-5-4-8-24(25)26/h1-13,18,21H,14-17,19H2. The molecular weight excluding hydrogens is 420 g/mol. The summed E-state index contributed by atoms with van der Waals surface area (Å²) in [7, 11) is 0. The molecular formula is C27H25ClN2O2. The molecule has 0 bridgehead atoms. The summed E-state index contributed by atoms with van der Waals surface area (Å²) in [6.07, 6.45) is 3.24. The number of benzene rings is 3. The van der Waals surface area contributed by atoms with E-state index in [0.29, 0.717) is 16.7 Å². The highest BCUT2D eigenvalue weighted by molar-refractivity contribution is 6.30. The Balaban J connectivity index is 1.29. The highest BCUT2D eigenvalue weighted by Crippen LogP contribution is 2.34. The van der Waals surface area contributed by atoms with Gasteiger partial charge in [-0.15, -0.1) is 0 Å². The molecule has 1 aliphatic heterocycles. The highest BCUT2D eigenvalue weighted by Gasteiger charge is 2.29. The maximum absolute atomic E-state index is 12.7. The van der Waals surface area contributed by atoms with Crippen LogP contribution in [0, 0.1) is 0 Å². The molecule has 4 aromatic rings. The van der Waals surface area contributed by atoms with Gasteiger partial charge in [0, 0.05) is 47.7 Å². The number of para-hydroxylation sites is 1. The number of rotatable bonds is 6. The van der Waals surface area contributed by atoms with Gasteiger partial charge >= 0.3 is 0 Å². The van der Waals surface area contributed by atoms with Crippen molar-refractivity contribution in [1.29, 1.82) is 0 Å². The Morgan fingerprint density at radius 1 is 0.969 bits per heavy atom. The largest absolute Gasteiger partial charge is 0.484 e. The minimum Gasteiger partial charge on any atom is -0.484 e. The van der Waals surface area contributed by atoms with Gasteiger partial charge in [-0.05, 0) is 47.9 Å². The van der Waals surface area contributed by atoms with Gasteiger partial charge in [0.05, 0.1) is 0 Å². The molecule has 1 fully saturated rings. The molecule has 1 aromatic heterocycles. The highest BCUT2D eigenvalue weighted by atomic mass is 35.5. The van der Waals surface area contributed by atoms with Crippen LogP contribution in [-0.2, 0) is 11.3 Å². The van der Waals surface area contributed by atoms with Crippen LogP contribution in [0.25, 0.3) is 10.9 Å². The molecule has 32 heavy (non-hydrogen) atoms. The van der Waals surface area contributed by atoms with E-state index in [-0.39, 0.29) is 12.5 Å². The lowest BCUT2D eigenvalue weighted by atomic mass is 9.98. The van der Waals surface area contributed by atoms with Crippen LogP contribution in [0.3, 0.4) is 0 Å². The second-order valence-electron chi connectivity index (χ2n) is 8.28. The van der Waals surface area contributed by atoms with Gasteiger partial charge in [-0.2, -0.15) is 0 Å². The Kier molecular flexibility index (Phi) is 5.87. The number of carbonyl (C=O) groups excluding carboxylic acids is 1. The Bertz CT molecular complexity index is 1220. The number of amides is 1. The first-order chi connectivity index (χ1) is 15.7. The van der Waals surface area contributed by atoms with Crippen molar-refractivity contribution in [2.75, 3.05) is 19.7 Å². The molecule has 0 N–H and O–H groups in total. The lowest BCUT2D eigenvalue weighted by Gasteiger charge is -2.17. The first-order valence-electron chi connectivity index (χ1n) is 11.0. The summed E-state index contributed by atoms with van der Waals surface area (Å²) in [4.78, 5) is 14.7. The van der Waals surface area contributed by atoms with Crippen molar-refractivity contribution in [3.05, 3.63) is 101 Å². The van der Waals surface area contributed by atoms with Crippen LogP contribution in [0.5, 0.6) is 5.75 Å². The summed E-state index contributed by atoms with van der Waals surface area (Å²) in [5.74, 6) is 1.01. The van der Waals surface area contributed by atoms with Crippen molar-refractivity contribution >= 4 is 28.4 Å². The van der Waals surface area contributed by atoms with E-state index in [2.05, 4.69) is 59.3 Å². The SMILES string of the molecule is O=C(COc1ccc(Cl)cc1)N1CCC(c2cn(Cc3ccccc3)c3ccccc23)C1. The van der Waals surface area contributed by atoms with E-state index in [9.17, 15) is 4.79 Å². The number of likely N-dealkylation sites (tertiary alicyclic amines) is 1. The van der Waals surface area contributed by atoms with Crippen molar-refractivity contribution in [2.24, 2.45) is 0 Å². The van der Waals surface area contributed by atoms with Crippen LogP contribution in [0.15, 0.2) is 85.1 Å². The summed E-state index contributed by atoms with van der Waals surface area (Å²) in [6.45, 7) is 2.36. The fourth-order valence-corrected chi connectivity index (χ4v) is 4.65. The molecule has 1 amide bonds. The van der Waals surface area contributed by atoms with Gasteiger partial charge in [0.1, 0.15) is 5.75 Å². The van der Waals surface area contributed by atoms with Crippen molar-refractivity contribution in [3.63, 3.8) is 0 Å². The number of hydrogen-bond acceptors (Lipinski definition) is 2. The minimum atomic E-state index is 0.0236. The maximum Gasteiger partial charge on any atom is 0.260 e. The van der Waals surface area contributed by atoms with E-state index < -0.39 is 0 Å². The molecule has 4 nitrogen and oxygen atoms in total. The Morgan fingerprint density at radius 2 is 1.72 bits per heavy atom. The van der Waals surface area contributed by atoms with Crippen molar-refractivity contribution in [2.45, 2.75) is 18.9 Å². The summed E-state index contributed by atoms with van der Waals surface area (Å²) in [5.41, 5.74) is 3.84. The first-order valence-corrected chi connectivity index (χ1v) is 11.3. The second-order valence-corrected chi connectivity index (χ2v) is 8.72. The normalized spacial score (nSPS) is 15.9. The molecule has 162 valence electrons. The van der Waals surface area contributed by atoms with E-state index in [1.54, 1.807) is 24.3 Å². The fraction of sp³-hybridized carbons (Fsp3) is 0.222. The number of hydrogen-bond donors (Lipinski definition) is 0. The predicted octanol–water partition coefficient (Wildman–Crippen LogP) is 5.74. The van der Waals surface area contributed by atoms with E-state index >= 15 is 0 Å². The third-order valence-electron chi connectivity index (χ3n) is 6.17. The van der Waals surface area contributed by atoms with E-state index in [0.717, 1.165) is 26.1 Å². The van der Waals surface area contributed by atoms with Gasteiger partial charge in [0.2, 0.25) is 0 Å². The number of ether oxygens (including phenoxy) is 1. The molecule has 0 radical (unpaired) electrons. The van der Waals surface area contributed by atoms with E-state index in [1.165, 1.54) is 22.0 Å². The van der Waals surface area contributed by atoms with Gasteiger partial charge in [0.15, 0.2) is 6.61 Å². The van der Waals surface area contributed by atoms with Crippen LogP contribution in [0.2, 0.25) is 5.02 Å². The quantitative estimate of drug-likeness (QED) is 0.380. The minimum absolute atomic E-state index is 0.0236. The third kappa shape index (κ3) is 4.37. The second kappa shape index (κ2) is 9.09. The topological polar surface area (TPSA) is 34.5 Å². The van der Waals surface area contributed by atoms with Gasteiger partial charge in [-0.1, -0.05) is 60.1 Å². The lowest BCUT2D eigenvalue weighted by molar-refractivity contribution is -0.132. The molecule has 3 aromatic carbocycles. The first kappa shape index (κ1) is 20.7. The lowest BCUT2D eigenvalue weighted by Crippen LogP contribution is -2.32. The molecule has 5 heteroatoms. The van der Waals surface area contributed by atoms with Gasteiger partial charge in [-0.25, -0.2) is 0 Å². The third-order valence-corrected chi connectivity index (χ3v) is 6.42. The molecule has 0 spiro atoms. The zero-order valence-electron chi connectivity index (χ0n) is 17.8. The monoisotopic (exact) mass is 444 g/mol. The van der Waals surface area contributed by atoms with Crippen molar-refractivity contribution < 1.29 is 9.53 Å². The van der Waals surface area contributed by atoms with Crippen LogP contribution >= 0.6 is 11.6 Å². The molecule has 1 atom stereocenters. The van der Waals surface area contributed by atoms with E-state index in [1.807, 2.05) is 11.0 Å². The summed E-state index contributed by atoms with van der Waals surface area (Å²) < 4.78 is 7.99. The number of nitrogens with zero attached hydrogens (tertiary/aromatic N) is 2. The summed E-state index contributed by atoms with van der Waals surface area (Å²) in [6, 6.07) is 26.2. The molecule has 0 saturated carbocycles. The Hall–Kier alpha value is -3.24. The average molecular weight is 445 g/mol. The molecule has 0 aliphatic carbocycles. The van der Waals surface area contributed by atoms with Crippen molar-refractivity contribution in [3.8, 4) is 5.75 Å². The molecule has 1 aliphatic rings. The number of fused-ring (bicyclic) bond motifs is 1. The van der Waals surface area contributed by atoms with Crippen LogP contribution in [0.1, 0.15) is 23.5 Å². The summed E-state index contributed by atoms with van der Waals surface area (Å²) in [5, 5.41) is 1.93. The van der Waals surface area contributed by atoms with Gasteiger partial charge in [-0.3, -0.25) is 4.79 Å². The number of carbonyl (C=O) groups is 1. The molecule has 5 rings (SSSR count). The molecule has 1 saturated heterocycles. The predicted molar refractivity (Wildman–Crippen MR) is 128 cm³/mol. The molecule has 1 unspecified atom stereocenters. The average Bonchev–Trinajstić information content (AvgIpc) is 3.45. The fourth-order valence-electron chi connectivity index (χ4n) is 4.52. The van der Waals surface area contributed by atoms with Crippen LogP contribution < -0.4 is 4.74 Å². The Morgan fingerprint density at radius 3 is 2.53 bits per heavy atom. The van der Waals surface area contributed by atoms with Gasteiger partial charge in [0.25, 0.3) is 5.91 Å². The zero-order chi connectivity index (χ0) is 21.9. The number of aromatic nitrogens is 1. The summed E-state index contributed by atoms with van der Waals surface area (Å²) >= 11 is 5.91. The number of halogens is 1. The molecule has 2 heterocycles. The smallest absolute Gasteiger partial charge is 0.260 e.